The maximum Gasteiger partial charge on any atom is 0.252 e. The highest BCUT2D eigenvalue weighted by Gasteiger charge is 2.18. The summed E-state index contributed by atoms with van der Waals surface area (Å²) in [5, 5.41) is 7.32. The van der Waals surface area contributed by atoms with E-state index in [1.54, 1.807) is 24.5 Å². The lowest BCUT2D eigenvalue weighted by molar-refractivity contribution is -0.116. The number of amides is 1. The highest BCUT2D eigenvalue weighted by atomic mass is 16.3. The van der Waals surface area contributed by atoms with Gasteiger partial charge in [0.15, 0.2) is 5.76 Å². The number of carbonyl (C=O) groups is 1. The predicted molar refractivity (Wildman–Crippen MR) is 102 cm³/mol. The number of aromatic amines is 1. The van der Waals surface area contributed by atoms with Gasteiger partial charge >= 0.3 is 0 Å². The molecule has 0 radical (unpaired) electrons. The highest BCUT2D eigenvalue weighted by molar-refractivity contribution is 5.90. The first-order chi connectivity index (χ1) is 12.8. The van der Waals surface area contributed by atoms with Crippen LogP contribution in [0.5, 0.6) is 0 Å². The van der Waals surface area contributed by atoms with Crippen LogP contribution in [-0.2, 0) is 4.79 Å². The Hall–Kier alpha value is -3.16. The summed E-state index contributed by atoms with van der Waals surface area (Å²) < 4.78 is 6.82. The molecule has 0 aliphatic carbocycles. The van der Waals surface area contributed by atoms with Crippen LogP contribution < -0.4 is 10.9 Å². The minimum Gasteiger partial charge on any atom is -0.463 e. The van der Waals surface area contributed by atoms with Gasteiger partial charge in [0.25, 0.3) is 5.56 Å². The SMILES string of the molecule is CC(C)CC(=O)Nc1cc(-c2ccco2)nn1-c1nc(C(C)C)cc(=O)[nH]1. The smallest absolute Gasteiger partial charge is 0.252 e. The van der Waals surface area contributed by atoms with Gasteiger partial charge in [0.05, 0.1) is 12.0 Å². The van der Waals surface area contributed by atoms with E-state index in [9.17, 15) is 9.59 Å². The molecule has 27 heavy (non-hydrogen) atoms. The van der Waals surface area contributed by atoms with Gasteiger partial charge in [-0.25, -0.2) is 4.98 Å². The predicted octanol–water partition coefficient (Wildman–Crippen LogP) is 3.32. The number of hydrogen-bond acceptors (Lipinski definition) is 5. The van der Waals surface area contributed by atoms with E-state index in [2.05, 4.69) is 20.4 Å². The van der Waals surface area contributed by atoms with E-state index in [0.29, 0.717) is 29.4 Å². The van der Waals surface area contributed by atoms with Gasteiger partial charge in [-0.2, -0.15) is 9.78 Å². The average Bonchev–Trinajstić information content (AvgIpc) is 3.22. The molecular weight excluding hydrogens is 346 g/mol. The Morgan fingerprint density at radius 1 is 1.30 bits per heavy atom. The molecule has 8 nitrogen and oxygen atoms in total. The molecule has 0 aromatic carbocycles. The first-order valence-electron chi connectivity index (χ1n) is 8.89. The molecular formula is C19H23N5O3. The second-order valence-electron chi connectivity index (χ2n) is 7.10. The molecule has 3 rings (SSSR count). The molecule has 3 heterocycles. The molecule has 0 atom stereocenters. The normalized spacial score (nSPS) is 11.3. The molecule has 142 valence electrons. The minimum atomic E-state index is -0.279. The summed E-state index contributed by atoms with van der Waals surface area (Å²) in [6.45, 7) is 7.84. The lowest BCUT2D eigenvalue weighted by atomic mass is 10.1. The van der Waals surface area contributed by atoms with Gasteiger partial charge in [-0.1, -0.05) is 27.7 Å². The van der Waals surface area contributed by atoms with Gasteiger partial charge < -0.3 is 9.73 Å². The van der Waals surface area contributed by atoms with E-state index < -0.39 is 0 Å². The number of furan rings is 1. The standard InChI is InChI=1S/C19H23N5O3/c1-11(2)8-17(25)21-16-9-14(15-6-5-7-27-15)23-24(16)19-20-13(12(3)4)10-18(26)22-19/h5-7,9-12H,8H2,1-4H3,(H,21,25)(H,20,22,26). The maximum absolute atomic E-state index is 12.3. The summed E-state index contributed by atoms with van der Waals surface area (Å²) >= 11 is 0. The van der Waals surface area contributed by atoms with Gasteiger partial charge in [-0.15, -0.1) is 0 Å². The molecule has 0 saturated carbocycles. The van der Waals surface area contributed by atoms with Crippen LogP contribution in [0.15, 0.2) is 39.7 Å². The Balaban J connectivity index is 2.07. The van der Waals surface area contributed by atoms with Crippen LogP contribution in [-0.4, -0.2) is 25.7 Å². The van der Waals surface area contributed by atoms with Crippen LogP contribution >= 0.6 is 0 Å². The van der Waals surface area contributed by atoms with Crippen LogP contribution in [0.3, 0.4) is 0 Å². The van der Waals surface area contributed by atoms with Crippen LogP contribution in [0.25, 0.3) is 17.4 Å². The molecule has 0 aliphatic rings. The van der Waals surface area contributed by atoms with Crippen molar-refractivity contribution in [1.29, 1.82) is 0 Å². The Labute approximate surface area is 156 Å². The van der Waals surface area contributed by atoms with Crippen molar-refractivity contribution in [3.05, 3.63) is 46.6 Å². The van der Waals surface area contributed by atoms with Crippen LogP contribution in [0.4, 0.5) is 5.82 Å². The molecule has 0 saturated heterocycles. The molecule has 2 N–H and O–H groups in total. The third-order valence-electron chi connectivity index (χ3n) is 3.89. The van der Waals surface area contributed by atoms with Crippen molar-refractivity contribution in [3.63, 3.8) is 0 Å². The summed E-state index contributed by atoms with van der Waals surface area (Å²) in [5.74, 6) is 1.35. The minimum absolute atomic E-state index is 0.0742. The van der Waals surface area contributed by atoms with Gasteiger partial charge in [-0.3, -0.25) is 14.6 Å². The topological polar surface area (TPSA) is 106 Å². The molecule has 1 amide bonds. The number of nitrogens with one attached hydrogen (secondary N) is 2. The maximum atomic E-state index is 12.3. The number of H-pyrrole nitrogens is 1. The monoisotopic (exact) mass is 369 g/mol. The lowest BCUT2D eigenvalue weighted by Gasteiger charge is -2.11. The van der Waals surface area contributed by atoms with Crippen molar-refractivity contribution in [2.75, 3.05) is 5.32 Å². The number of nitrogens with zero attached hydrogens (tertiary/aromatic N) is 3. The van der Waals surface area contributed by atoms with Crippen LogP contribution in [0.2, 0.25) is 0 Å². The summed E-state index contributed by atoms with van der Waals surface area (Å²) in [5.41, 5.74) is 0.888. The van der Waals surface area contributed by atoms with Gasteiger partial charge in [0.2, 0.25) is 11.9 Å². The number of rotatable bonds is 6. The first-order valence-corrected chi connectivity index (χ1v) is 8.89. The van der Waals surface area contributed by atoms with Crippen molar-refractivity contribution in [2.45, 2.75) is 40.0 Å². The third kappa shape index (κ3) is 4.33. The zero-order valence-corrected chi connectivity index (χ0v) is 15.8. The number of hydrogen-bond donors (Lipinski definition) is 2. The average molecular weight is 369 g/mol. The second kappa shape index (κ2) is 7.61. The molecule has 0 aliphatic heterocycles. The zero-order valence-electron chi connectivity index (χ0n) is 15.8. The van der Waals surface area contributed by atoms with E-state index in [-0.39, 0.29) is 29.3 Å². The fourth-order valence-electron chi connectivity index (χ4n) is 2.60. The number of aromatic nitrogens is 4. The molecule has 0 unspecified atom stereocenters. The van der Waals surface area contributed by atoms with Gasteiger partial charge in [0, 0.05) is 18.6 Å². The third-order valence-corrected chi connectivity index (χ3v) is 3.89. The molecule has 0 bridgehead atoms. The van der Waals surface area contributed by atoms with E-state index in [1.807, 2.05) is 27.7 Å². The van der Waals surface area contributed by atoms with Crippen LogP contribution in [0, 0.1) is 5.92 Å². The molecule has 3 aromatic rings. The summed E-state index contributed by atoms with van der Waals surface area (Å²) in [6, 6.07) is 6.68. The van der Waals surface area contributed by atoms with Crippen LogP contribution in [0.1, 0.15) is 45.7 Å². The van der Waals surface area contributed by atoms with Crippen molar-refractivity contribution >= 4 is 11.7 Å². The Morgan fingerprint density at radius 3 is 2.70 bits per heavy atom. The quantitative estimate of drug-likeness (QED) is 0.693. The fraction of sp³-hybridized carbons (Fsp3) is 0.368. The first kappa shape index (κ1) is 18.6. The van der Waals surface area contributed by atoms with E-state index in [4.69, 9.17) is 4.42 Å². The highest BCUT2D eigenvalue weighted by Crippen LogP contribution is 2.24. The fourth-order valence-corrected chi connectivity index (χ4v) is 2.60. The Bertz CT molecular complexity index is 983. The Morgan fingerprint density at radius 2 is 2.07 bits per heavy atom. The van der Waals surface area contributed by atoms with E-state index >= 15 is 0 Å². The molecule has 0 fully saturated rings. The zero-order chi connectivity index (χ0) is 19.6. The number of carbonyl (C=O) groups excluding carboxylic acids is 1. The second-order valence-corrected chi connectivity index (χ2v) is 7.10. The van der Waals surface area contributed by atoms with Crippen molar-refractivity contribution in [2.24, 2.45) is 5.92 Å². The Kier molecular flexibility index (Phi) is 5.25. The lowest BCUT2D eigenvalue weighted by Crippen LogP contribution is -2.20. The molecule has 3 aromatic heterocycles. The van der Waals surface area contributed by atoms with Crippen molar-refractivity contribution in [1.82, 2.24) is 19.7 Å². The van der Waals surface area contributed by atoms with Crippen molar-refractivity contribution in [3.8, 4) is 17.4 Å². The molecule has 0 spiro atoms. The molecule has 8 heteroatoms. The van der Waals surface area contributed by atoms with E-state index in [0.717, 1.165) is 0 Å². The van der Waals surface area contributed by atoms with Crippen molar-refractivity contribution < 1.29 is 9.21 Å². The number of anilines is 1. The largest absolute Gasteiger partial charge is 0.463 e. The summed E-state index contributed by atoms with van der Waals surface area (Å²) in [4.78, 5) is 31.5. The van der Waals surface area contributed by atoms with Gasteiger partial charge in [-0.05, 0) is 24.0 Å². The summed E-state index contributed by atoms with van der Waals surface area (Å²) in [6.07, 6.45) is 1.92. The van der Waals surface area contributed by atoms with E-state index in [1.165, 1.54) is 10.7 Å². The summed E-state index contributed by atoms with van der Waals surface area (Å²) in [7, 11) is 0. The van der Waals surface area contributed by atoms with Gasteiger partial charge in [0.1, 0.15) is 11.5 Å².